The summed E-state index contributed by atoms with van der Waals surface area (Å²) in [5, 5.41) is 20.0. The van der Waals surface area contributed by atoms with E-state index in [0.29, 0.717) is 37.3 Å². The van der Waals surface area contributed by atoms with Crippen LogP contribution in [0.15, 0.2) is 54.6 Å². The van der Waals surface area contributed by atoms with E-state index in [0.717, 1.165) is 28.4 Å². The first-order chi connectivity index (χ1) is 20.5. The number of piperidine rings is 1. The zero-order chi connectivity index (χ0) is 32.7. The second-order valence-corrected chi connectivity index (χ2v) is 12.2. The monoisotopic (exact) mass is 640 g/mol. The van der Waals surface area contributed by atoms with E-state index in [2.05, 4.69) is 10.3 Å². The molecule has 1 aliphatic heterocycles. The van der Waals surface area contributed by atoms with Gasteiger partial charge in [-0.1, -0.05) is 18.2 Å². The molecule has 1 fully saturated rings. The van der Waals surface area contributed by atoms with Crippen LogP contribution in [0.2, 0.25) is 0 Å². The number of benzene rings is 2. The number of halogens is 3. The van der Waals surface area contributed by atoms with Crippen molar-refractivity contribution < 1.29 is 51.0 Å². The third kappa shape index (κ3) is 9.36. The van der Waals surface area contributed by atoms with E-state index >= 15 is 0 Å². The molecule has 0 saturated carbocycles. The Morgan fingerprint density at radius 3 is 2.34 bits per heavy atom. The second kappa shape index (κ2) is 14.0. The van der Waals surface area contributed by atoms with Crippen molar-refractivity contribution in [1.29, 1.82) is 0 Å². The topological polar surface area (TPSA) is 175 Å². The Morgan fingerprint density at radius 2 is 1.75 bits per heavy atom. The summed E-state index contributed by atoms with van der Waals surface area (Å²) in [6, 6.07) is 16.4. The van der Waals surface area contributed by atoms with Crippen molar-refractivity contribution in [2.45, 2.75) is 44.5 Å². The Bertz CT molecular complexity index is 1620. The number of nitrogens with one attached hydrogen (secondary N) is 2. The standard InChI is InChI=1S/C26H30N4O6S.C2HF3O2/c1-18-14-20(22-6-3-4-7-23(22)27-18)16-36-21-10-8-19(9-11-21)25(32)28-26(15-24(31)29-33)12-5-13-30(17-26)37(2,34)35;3-2(4,5)1(6)7/h3-4,6-11,14,33H,5,12-13,15-17H2,1-2H3,(H,28,32)(H,29,31);(H,6,7). The Morgan fingerprint density at radius 1 is 1.11 bits per heavy atom. The van der Waals surface area contributed by atoms with Gasteiger partial charge >= 0.3 is 12.1 Å². The van der Waals surface area contributed by atoms with Crippen molar-refractivity contribution in [3.05, 3.63) is 71.4 Å². The van der Waals surface area contributed by atoms with Crippen LogP contribution in [0.3, 0.4) is 0 Å². The normalized spacial score (nSPS) is 17.2. The van der Waals surface area contributed by atoms with Gasteiger partial charge in [0.2, 0.25) is 15.9 Å². The summed E-state index contributed by atoms with van der Waals surface area (Å²) < 4.78 is 63.2. The largest absolute Gasteiger partial charge is 0.490 e. The number of sulfonamides is 1. The van der Waals surface area contributed by atoms with Gasteiger partial charge in [-0.05, 0) is 56.2 Å². The van der Waals surface area contributed by atoms with Crippen molar-refractivity contribution in [2.75, 3.05) is 19.3 Å². The quantitative estimate of drug-likeness (QED) is 0.213. The summed E-state index contributed by atoms with van der Waals surface area (Å²) >= 11 is 0. The number of carbonyl (C=O) groups excluding carboxylic acids is 2. The van der Waals surface area contributed by atoms with Crippen LogP contribution in [-0.2, 0) is 26.2 Å². The van der Waals surface area contributed by atoms with E-state index in [1.54, 1.807) is 29.7 Å². The van der Waals surface area contributed by atoms with Gasteiger partial charge in [0.15, 0.2) is 0 Å². The van der Waals surface area contributed by atoms with Gasteiger partial charge in [0.25, 0.3) is 5.91 Å². The molecule has 12 nitrogen and oxygen atoms in total. The number of aromatic nitrogens is 1. The van der Waals surface area contributed by atoms with Crippen LogP contribution in [0.25, 0.3) is 10.9 Å². The lowest BCUT2D eigenvalue weighted by Gasteiger charge is -2.42. The predicted octanol–water partition coefficient (Wildman–Crippen LogP) is 3.18. The highest BCUT2D eigenvalue weighted by atomic mass is 32.2. The highest BCUT2D eigenvalue weighted by molar-refractivity contribution is 7.88. The third-order valence-electron chi connectivity index (χ3n) is 6.70. The summed E-state index contributed by atoms with van der Waals surface area (Å²) in [5.41, 5.74) is 3.55. The number of alkyl halides is 3. The number of hydrogen-bond acceptors (Lipinski definition) is 8. The lowest BCUT2D eigenvalue weighted by Crippen LogP contribution is -2.61. The minimum atomic E-state index is -5.08. The number of pyridine rings is 1. The van der Waals surface area contributed by atoms with Crippen molar-refractivity contribution in [3.63, 3.8) is 0 Å². The Balaban J connectivity index is 0.000000676. The highest BCUT2D eigenvalue weighted by Crippen LogP contribution is 2.27. The number of aryl methyl sites for hydroxylation is 1. The van der Waals surface area contributed by atoms with Crippen LogP contribution < -0.4 is 15.5 Å². The number of hydrogen-bond donors (Lipinski definition) is 4. The molecule has 2 aromatic carbocycles. The number of nitrogens with zero attached hydrogens (tertiary/aromatic N) is 2. The minimum absolute atomic E-state index is 0.0640. The molecule has 3 aromatic rings. The first-order valence-corrected chi connectivity index (χ1v) is 15.0. The molecule has 1 saturated heterocycles. The van der Waals surface area contributed by atoms with Crippen LogP contribution >= 0.6 is 0 Å². The van der Waals surface area contributed by atoms with E-state index in [4.69, 9.17) is 19.8 Å². The molecule has 2 heterocycles. The zero-order valence-electron chi connectivity index (χ0n) is 23.7. The number of rotatable bonds is 8. The molecule has 0 radical (unpaired) electrons. The molecule has 4 rings (SSSR count). The molecule has 238 valence electrons. The minimum Gasteiger partial charge on any atom is -0.489 e. The molecule has 0 bridgehead atoms. The molecule has 4 N–H and O–H groups in total. The van der Waals surface area contributed by atoms with Gasteiger partial charge in [-0.25, -0.2) is 18.7 Å². The first-order valence-electron chi connectivity index (χ1n) is 13.1. The fourth-order valence-corrected chi connectivity index (χ4v) is 5.64. The van der Waals surface area contributed by atoms with Crippen LogP contribution in [0.5, 0.6) is 5.75 Å². The highest BCUT2D eigenvalue weighted by Gasteiger charge is 2.41. The number of carbonyl (C=O) groups is 3. The van der Waals surface area contributed by atoms with Crippen molar-refractivity contribution >= 4 is 38.7 Å². The molecule has 44 heavy (non-hydrogen) atoms. The van der Waals surface area contributed by atoms with Crippen molar-refractivity contribution in [1.82, 2.24) is 20.1 Å². The van der Waals surface area contributed by atoms with Crippen molar-refractivity contribution in [2.24, 2.45) is 0 Å². The number of ether oxygens (including phenoxy) is 1. The molecule has 0 aliphatic carbocycles. The van der Waals surface area contributed by atoms with E-state index < -0.39 is 39.5 Å². The lowest BCUT2D eigenvalue weighted by atomic mass is 9.86. The van der Waals surface area contributed by atoms with Gasteiger partial charge in [0.1, 0.15) is 12.4 Å². The third-order valence-corrected chi connectivity index (χ3v) is 7.95. The first kappa shape index (κ1) is 34.2. The predicted molar refractivity (Wildman–Crippen MR) is 151 cm³/mol. The number of carboxylic acids is 1. The van der Waals surface area contributed by atoms with E-state index in [1.807, 2.05) is 37.3 Å². The van der Waals surface area contributed by atoms with Crippen molar-refractivity contribution in [3.8, 4) is 5.75 Å². The molecular weight excluding hydrogens is 609 g/mol. The number of para-hydroxylation sites is 1. The maximum Gasteiger partial charge on any atom is 0.490 e. The Hall–Kier alpha value is -4.28. The number of amides is 2. The van der Waals surface area contributed by atoms with Gasteiger partial charge in [-0.15, -0.1) is 0 Å². The maximum atomic E-state index is 13.1. The fraction of sp³-hybridized carbons (Fsp3) is 0.357. The van der Waals surface area contributed by atoms with Gasteiger partial charge in [-0.3, -0.25) is 19.8 Å². The summed E-state index contributed by atoms with van der Waals surface area (Å²) in [7, 11) is -3.52. The average molecular weight is 641 g/mol. The summed E-state index contributed by atoms with van der Waals surface area (Å²) in [4.78, 5) is 38.5. The SMILES string of the molecule is Cc1cc(COc2ccc(C(=O)NC3(CC(=O)NO)CCCN(S(C)(=O)=O)C3)cc2)c2ccccc2n1.O=C(O)C(F)(F)F. The maximum absolute atomic E-state index is 13.1. The van der Waals surface area contributed by atoms with Crippen LogP contribution in [0, 0.1) is 6.92 Å². The number of aliphatic carboxylic acids is 1. The number of hydroxylamine groups is 1. The molecule has 1 aliphatic rings. The molecule has 16 heteroatoms. The van der Waals surface area contributed by atoms with E-state index in [1.165, 1.54) is 4.31 Å². The summed E-state index contributed by atoms with van der Waals surface area (Å²) in [5.74, 6) is -3.35. The summed E-state index contributed by atoms with van der Waals surface area (Å²) in [6.45, 7) is 2.50. The lowest BCUT2D eigenvalue weighted by molar-refractivity contribution is -0.192. The molecule has 1 unspecified atom stereocenters. The van der Waals surface area contributed by atoms with Gasteiger partial charge < -0.3 is 15.2 Å². The number of carboxylic acid groups (broad SMARTS) is 1. The molecular formula is C28H31F3N4O8S. The van der Waals surface area contributed by atoms with Crippen LogP contribution in [-0.4, -0.2) is 76.9 Å². The van der Waals surface area contributed by atoms with E-state index in [9.17, 15) is 31.2 Å². The van der Waals surface area contributed by atoms with Gasteiger partial charge in [-0.2, -0.15) is 17.5 Å². The van der Waals surface area contributed by atoms with E-state index in [-0.39, 0.29) is 13.0 Å². The molecule has 1 atom stereocenters. The zero-order valence-corrected chi connectivity index (χ0v) is 24.5. The van der Waals surface area contributed by atoms with Gasteiger partial charge in [0.05, 0.1) is 23.7 Å². The molecule has 2 amide bonds. The summed E-state index contributed by atoms with van der Waals surface area (Å²) in [6.07, 6.45) is -3.41. The Labute approximate surface area is 250 Å². The fourth-order valence-electron chi connectivity index (χ4n) is 4.70. The Kier molecular flexibility index (Phi) is 10.9. The van der Waals surface area contributed by atoms with Gasteiger partial charge in [0, 0.05) is 35.3 Å². The molecule has 1 aromatic heterocycles. The average Bonchev–Trinajstić information content (AvgIpc) is 2.95. The van der Waals surface area contributed by atoms with Crippen LogP contribution in [0.4, 0.5) is 13.2 Å². The molecule has 0 spiro atoms. The second-order valence-electron chi connectivity index (χ2n) is 10.2. The smallest absolute Gasteiger partial charge is 0.489 e. The van der Waals surface area contributed by atoms with Crippen LogP contribution in [0.1, 0.15) is 40.9 Å². The number of fused-ring (bicyclic) bond motifs is 1.